The smallest absolute Gasteiger partial charge is 0.257 e. The first-order valence-corrected chi connectivity index (χ1v) is 11.8. The molecule has 0 saturated heterocycles. The number of hydrogen-bond donors (Lipinski definition) is 2. The summed E-state index contributed by atoms with van der Waals surface area (Å²) >= 11 is 0. The molecule has 2 aromatic heterocycles. The summed E-state index contributed by atoms with van der Waals surface area (Å²) in [5.74, 6) is 1.64. The molecule has 0 aliphatic heterocycles. The van der Waals surface area contributed by atoms with Crippen LogP contribution in [0.15, 0.2) is 71.8 Å². The van der Waals surface area contributed by atoms with Crippen LogP contribution in [0.4, 0.5) is 5.82 Å². The fourth-order valence-corrected chi connectivity index (χ4v) is 4.06. The van der Waals surface area contributed by atoms with E-state index in [4.69, 9.17) is 29.9 Å². The van der Waals surface area contributed by atoms with Gasteiger partial charge in [0.05, 0.1) is 38.6 Å². The number of nitrogen functional groups attached to an aromatic ring is 1. The first kappa shape index (κ1) is 24.6. The lowest BCUT2D eigenvalue weighted by molar-refractivity contribution is 0.0953. The van der Waals surface area contributed by atoms with E-state index in [-0.39, 0.29) is 17.3 Å². The van der Waals surface area contributed by atoms with Crippen LogP contribution in [0.3, 0.4) is 0 Å². The lowest BCUT2D eigenvalue weighted by Gasteiger charge is -2.07. The summed E-state index contributed by atoms with van der Waals surface area (Å²) < 4.78 is 17.3. The second kappa shape index (κ2) is 10.5. The normalized spacial score (nSPS) is 11.2. The van der Waals surface area contributed by atoms with E-state index in [1.807, 2.05) is 54.6 Å². The third kappa shape index (κ3) is 4.66. The van der Waals surface area contributed by atoms with Crippen LogP contribution in [0.25, 0.3) is 22.2 Å². The Morgan fingerprint density at radius 1 is 0.947 bits per heavy atom. The molecule has 5 aromatic rings. The van der Waals surface area contributed by atoms with E-state index in [2.05, 4.69) is 10.4 Å². The van der Waals surface area contributed by atoms with Gasteiger partial charge in [-0.25, -0.2) is 9.97 Å². The van der Waals surface area contributed by atoms with Crippen LogP contribution in [0.2, 0.25) is 0 Å². The summed E-state index contributed by atoms with van der Waals surface area (Å²) in [5.41, 5.74) is 10.4. The topological polar surface area (TPSA) is 126 Å². The number of ether oxygens (including phenoxy) is 3. The molecule has 192 valence electrons. The van der Waals surface area contributed by atoms with E-state index in [1.54, 1.807) is 39.7 Å². The lowest BCUT2D eigenvalue weighted by Crippen LogP contribution is -2.23. The van der Waals surface area contributed by atoms with E-state index in [9.17, 15) is 4.79 Å². The molecule has 1 amide bonds. The fourth-order valence-electron chi connectivity index (χ4n) is 4.06. The standard InChI is InChI=1S/C28H26N6O4/c1-36-19-11-8-17(9-12-19)15-30-28(35)24-25-27(33-21-7-5-4-6-20(21)32-25)34(26(24)29)31-16-18-10-13-22(37-2)23(14-18)38-3/h4-14,16H,15,29H2,1-3H3,(H,30,35)/b31-16-. The molecule has 3 aromatic carbocycles. The van der Waals surface area contributed by atoms with Gasteiger partial charge >= 0.3 is 0 Å². The van der Waals surface area contributed by atoms with Crippen molar-refractivity contribution < 1.29 is 19.0 Å². The monoisotopic (exact) mass is 510 g/mol. The highest BCUT2D eigenvalue weighted by atomic mass is 16.5. The molecule has 0 saturated carbocycles. The number of anilines is 1. The maximum Gasteiger partial charge on any atom is 0.257 e. The van der Waals surface area contributed by atoms with Crippen LogP contribution in [0.1, 0.15) is 21.5 Å². The van der Waals surface area contributed by atoms with Crippen LogP contribution >= 0.6 is 0 Å². The predicted octanol–water partition coefficient (Wildman–Crippen LogP) is 4.00. The molecule has 3 N–H and O–H groups in total. The third-order valence-electron chi connectivity index (χ3n) is 6.04. The summed E-state index contributed by atoms with van der Waals surface area (Å²) in [7, 11) is 4.74. The molecule has 0 fully saturated rings. The average molecular weight is 511 g/mol. The minimum absolute atomic E-state index is 0.124. The zero-order chi connectivity index (χ0) is 26.6. The number of benzene rings is 3. The molecular formula is C28H26N6O4. The molecule has 10 heteroatoms. The Balaban J connectivity index is 1.54. The van der Waals surface area contributed by atoms with Crippen molar-refractivity contribution in [3.63, 3.8) is 0 Å². The van der Waals surface area contributed by atoms with Gasteiger partial charge in [-0.1, -0.05) is 24.3 Å². The highest BCUT2D eigenvalue weighted by molar-refractivity contribution is 6.10. The van der Waals surface area contributed by atoms with Crippen molar-refractivity contribution in [3.8, 4) is 17.2 Å². The molecule has 5 rings (SSSR count). The minimum Gasteiger partial charge on any atom is -0.497 e. The Labute approximate surface area is 218 Å². The van der Waals surface area contributed by atoms with Crippen molar-refractivity contribution in [1.29, 1.82) is 0 Å². The van der Waals surface area contributed by atoms with Gasteiger partial charge in [0.2, 0.25) is 0 Å². The number of hydrogen-bond acceptors (Lipinski definition) is 8. The molecule has 2 heterocycles. The molecule has 0 unspecified atom stereocenters. The Morgan fingerprint density at radius 3 is 2.34 bits per heavy atom. The SMILES string of the molecule is COc1ccc(CNC(=O)c2c(N)n(/N=C\c3ccc(OC)c(OC)c3)c3nc4ccccc4nc23)cc1. The van der Waals surface area contributed by atoms with Crippen molar-refractivity contribution >= 4 is 40.1 Å². The van der Waals surface area contributed by atoms with Crippen LogP contribution in [0, 0.1) is 0 Å². The number of carbonyl (C=O) groups is 1. The molecule has 0 radical (unpaired) electrons. The largest absolute Gasteiger partial charge is 0.497 e. The van der Waals surface area contributed by atoms with Crippen LogP contribution < -0.4 is 25.3 Å². The maximum atomic E-state index is 13.4. The Kier molecular flexibility index (Phi) is 6.77. The van der Waals surface area contributed by atoms with Crippen molar-refractivity contribution in [2.75, 3.05) is 27.1 Å². The summed E-state index contributed by atoms with van der Waals surface area (Å²) in [6.45, 7) is 0.296. The molecule has 0 spiro atoms. The maximum absolute atomic E-state index is 13.4. The predicted molar refractivity (Wildman–Crippen MR) is 146 cm³/mol. The Morgan fingerprint density at radius 2 is 1.66 bits per heavy atom. The van der Waals surface area contributed by atoms with Crippen molar-refractivity contribution in [2.45, 2.75) is 6.54 Å². The van der Waals surface area contributed by atoms with Gasteiger partial charge in [-0.05, 0) is 53.6 Å². The molecule has 0 bridgehead atoms. The molecule has 38 heavy (non-hydrogen) atoms. The number of nitrogens with two attached hydrogens (primary N) is 1. The number of fused-ring (bicyclic) bond motifs is 2. The number of aromatic nitrogens is 3. The third-order valence-corrected chi connectivity index (χ3v) is 6.04. The van der Waals surface area contributed by atoms with Gasteiger partial charge in [-0.2, -0.15) is 9.78 Å². The van der Waals surface area contributed by atoms with Crippen LogP contribution in [0.5, 0.6) is 17.2 Å². The number of nitrogens with zero attached hydrogens (tertiary/aromatic N) is 4. The second-order valence-corrected chi connectivity index (χ2v) is 8.35. The van der Waals surface area contributed by atoms with Gasteiger partial charge in [-0.3, -0.25) is 4.79 Å². The molecular weight excluding hydrogens is 484 g/mol. The molecule has 0 aliphatic carbocycles. The second-order valence-electron chi connectivity index (χ2n) is 8.35. The highest BCUT2D eigenvalue weighted by Crippen LogP contribution is 2.29. The Bertz CT molecular complexity index is 1660. The van der Waals surface area contributed by atoms with Crippen molar-refractivity contribution in [1.82, 2.24) is 20.0 Å². The van der Waals surface area contributed by atoms with Gasteiger partial charge in [0.15, 0.2) is 17.1 Å². The van der Waals surface area contributed by atoms with E-state index >= 15 is 0 Å². The molecule has 10 nitrogen and oxygen atoms in total. The zero-order valence-electron chi connectivity index (χ0n) is 21.1. The van der Waals surface area contributed by atoms with E-state index < -0.39 is 0 Å². The lowest BCUT2D eigenvalue weighted by atomic mass is 10.2. The zero-order valence-corrected chi connectivity index (χ0v) is 21.1. The number of carbonyl (C=O) groups excluding carboxylic acids is 1. The molecule has 0 aliphatic rings. The summed E-state index contributed by atoms with van der Waals surface area (Å²) in [4.78, 5) is 22.8. The Hall–Kier alpha value is -5.12. The number of methoxy groups -OCH3 is 3. The summed E-state index contributed by atoms with van der Waals surface area (Å²) in [6, 6.07) is 20.2. The van der Waals surface area contributed by atoms with E-state index in [1.165, 1.54) is 4.68 Å². The van der Waals surface area contributed by atoms with Gasteiger partial charge in [0.25, 0.3) is 5.91 Å². The number of nitrogens with one attached hydrogen (secondary N) is 1. The van der Waals surface area contributed by atoms with Gasteiger partial charge < -0.3 is 25.3 Å². The first-order valence-electron chi connectivity index (χ1n) is 11.8. The average Bonchev–Trinajstić information content (AvgIpc) is 3.23. The highest BCUT2D eigenvalue weighted by Gasteiger charge is 2.24. The van der Waals surface area contributed by atoms with Crippen molar-refractivity contribution in [3.05, 3.63) is 83.4 Å². The number of rotatable bonds is 8. The van der Waals surface area contributed by atoms with E-state index in [0.29, 0.717) is 40.2 Å². The quantitative estimate of drug-likeness (QED) is 0.302. The van der Waals surface area contributed by atoms with E-state index in [0.717, 1.165) is 16.9 Å². The number of para-hydroxylation sites is 2. The number of amides is 1. The summed E-state index contributed by atoms with van der Waals surface area (Å²) in [6.07, 6.45) is 1.60. The van der Waals surface area contributed by atoms with Gasteiger partial charge in [0.1, 0.15) is 22.6 Å². The van der Waals surface area contributed by atoms with Crippen LogP contribution in [-0.4, -0.2) is 48.1 Å². The minimum atomic E-state index is -0.382. The molecule has 0 atom stereocenters. The van der Waals surface area contributed by atoms with Gasteiger partial charge in [0, 0.05) is 6.54 Å². The van der Waals surface area contributed by atoms with Crippen LogP contribution in [-0.2, 0) is 6.54 Å². The van der Waals surface area contributed by atoms with Crippen molar-refractivity contribution in [2.24, 2.45) is 5.10 Å². The fraction of sp³-hybridized carbons (Fsp3) is 0.143. The summed E-state index contributed by atoms with van der Waals surface area (Å²) in [5, 5.41) is 7.48. The van der Waals surface area contributed by atoms with Gasteiger partial charge in [-0.15, -0.1) is 0 Å². The first-order chi connectivity index (χ1) is 18.5.